The van der Waals surface area contributed by atoms with Crippen molar-refractivity contribution in [1.82, 2.24) is 24.4 Å². The number of benzene rings is 2. The Kier molecular flexibility index (Phi) is 11.0. The van der Waals surface area contributed by atoms with Gasteiger partial charge in [-0.2, -0.15) is 0 Å². The number of fused-ring (bicyclic) bond motifs is 4. The van der Waals surface area contributed by atoms with E-state index in [1.165, 1.54) is 4.68 Å². The van der Waals surface area contributed by atoms with E-state index in [1.807, 2.05) is 25.1 Å². The number of rotatable bonds is 16. The Labute approximate surface area is 287 Å². The number of alkyl halides is 1. The minimum Gasteiger partial charge on any atom is -0.507 e. The Morgan fingerprint density at radius 1 is 0.980 bits per heavy atom. The van der Waals surface area contributed by atoms with Crippen LogP contribution in [0.1, 0.15) is 38.0 Å². The number of pyridine rings is 1. The third kappa shape index (κ3) is 7.68. The molecule has 3 aromatic heterocycles. The molecule has 49 heavy (non-hydrogen) atoms. The SMILES string of the molecule is COCCOCCOCCOCCn1cc(C(=O)Nc2ccc3nc(C(=O)N4C[C@@H](CCl)c5c4cc(O)c4cccc(C)c54)cn3c2)nn1. The standard InChI is InChI=1S/C34H38ClN7O7/c1-22-4-3-5-25-29(43)16-28-32(31(22)25)23(17-35)18-42(28)34(45)27-20-40-19-24(6-7-30(40)37-27)36-33(44)26-21-41(39-38-26)8-9-47-12-13-49-15-14-48-11-10-46-2/h3-7,16,19-21,23,43H,8-15,17-18H2,1-2H3,(H,36,44)/t23-/m1/s1. The molecule has 2 amide bonds. The number of halogens is 1. The van der Waals surface area contributed by atoms with Gasteiger partial charge in [0.1, 0.15) is 17.1 Å². The number of carbonyl (C=O) groups excluding carboxylic acids is 2. The van der Waals surface area contributed by atoms with Gasteiger partial charge >= 0.3 is 0 Å². The van der Waals surface area contributed by atoms with Crippen LogP contribution in [0.15, 0.2) is 55.0 Å². The fraction of sp³-hybridized carbons (Fsp3) is 0.382. The van der Waals surface area contributed by atoms with Crippen LogP contribution in [0.25, 0.3) is 16.4 Å². The molecule has 5 aromatic rings. The zero-order valence-corrected chi connectivity index (χ0v) is 28.1. The molecule has 0 saturated heterocycles. The molecule has 14 nitrogen and oxygen atoms in total. The normalized spacial score (nSPS) is 14.2. The first-order valence-corrected chi connectivity index (χ1v) is 16.5. The second-order valence-corrected chi connectivity index (χ2v) is 11.9. The van der Waals surface area contributed by atoms with Crippen LogP contribution in [0.2, 0.25) is 0 Å². The number of anilines is 2. The van der Waals surface area contributed by atoms with E-state index >= 15 is 0 Å². The fourth-order valence-corrected chi connectivity index (χ4v) is 6.12. The average Bonchev–Trinajstić information content (AvgIpc) is 3.84. The van der Waals surface area contributed by atoms with Crippen molar-refractivity contribution in [2.24, 2.45) is 0 Å². The molecule has 2 N–H and O–H groups in total. The zero-order chi connectivity index (χ0) is 34.3. The highest BCUT2D eigenvalue weighted by atomic mass is 35.5. The number of phenols is 1. The van der Waals surface area contributed by atoms with E-state index in [0.717, 1.165) is 21.9 Å². The van der Waals surface area contributed by atoms with Crippen molar-refractivity contribution in [3.63, 3.8) is 0 Å². The van der Waals surface area contributed by atoms with Crippen molar-refractivity contribution in [1.29, 1.82) is 0 Å². The summed E-state index contributed by atoms with van der Waals surface area (Å²) < 4.78 is 24.5. The van der Waals surface area contributed by atoms with Crippen molar-refractivity contribution in [3.05, 3.63) is 77.5 Å². The number of imidazole rings is 1. The maximum Gasteiger partial charge on any atom is 0.278 e. The lowest BCUT2D eigenvalue weighted by Gasteiger charge is -2.17. The lowest BCUT2D eigenvalue weighted by atomic mass is 9.92. The highest BCUT2D eigenvalue weighted by Crippen LogP contribution is 2.46. The lowest BCUT2D eigenvalue weighted by Crippen LogP contribution is -2.30. The number of nitrogens with zero attached hydrogens (tertiary/aromatic N) is 6. The Balaban J connectivity index is 1.04. The first-order chi connectivity index (χ1) is 23.9. The topological polar surface area (TPSA) is 155 Å². The van der Waals surface area contributed by atoms with Gasteiger partial charge in [0.2, 0.25) is 0 Å². The van der Waals surface area contributed by atoms with Gasteiger partial charge in [-0.15, -0.1) is 16.7 Å². The van der Waals surface area contributed by atoms with E-state index in [2.05, 4.69) is 20.6 Å². The van der Waals surface area contributed by atoms with E-state index < -0.39 is 5.91 Å². The first kappa shape index (κ1) is 34.3. The number of nitrogens with one attached hydrogen (secondary N) is 1. The van der Waals surface area contributed by atoms with E-state index in [9.17, 15) is 14.7 Å². The molecule has 258 valence electrons. The number of amides is 2. The fourth-order valence-electron chi connectivity index (χ4n) is 5.87. The number of carbonyl (C=O) groups is 2. The summed E-state index contributed by atoms with van der Waals surface area (Å²) in [5.41, 5.74) is 3.96. The quantitative estimate of drug-likeness (QED) is 0.115. The summed E-state index contributed by atoms with van der Waals surface area (Å²) in [5.74, 6) is -0.425. The number of ether oxygens (including phenoxy) is 4. The number of aromatic hydroxyl groups is 1. The van der Waals surface area contributed by atoms with Crippen molar-refractivity contribution >= 4 is 51.2 Å². The molecular weight excluding hydrogens is 654 g/mol. The van der Waals surface area contributed by atoms with Crippen molar-refractivity contribution in [2.75, 3.05) is 76.0 Å². The molecule has 0 unspecified atom stereocenters. The third-order valence-electron chi connectivity index (χ3n) is 8.24. The molecule has 0 saturated carbocycles. The second-order valence-electron chi connectivity index (χ2n) is 11.6. The Morgan fingerprint density at radius 2 is 1.73 bits per heavy atom. The van der Waals surface area contributed by atoms with Crippen molar-refractivity contribution in [2.45, 2.75) is 19.4 Å². The van der Waals surface area contributed by atoms with Crippen LogP contribution in [-0.2, 0) is 25.5 Å². The number of aryl methyl sites for hydroxylation is 1. The van der Waals surface area contributed by atoms with Crippen LogP contribution >= 0.6 is 11.6 Å². The number of phenolic OH excluding ortho intramolecular Hbond substituents is 1. The van der Waals surface area contributed by atoms with Crippen LogP contribution in [0.3, 0.4) is 0 Å². The molecule has 0 fully saturated rings. The Morgan fingerprint density at radius 3 is 2.49 bits per heavy atom. The van der Waals surface area contributed by atoms with Gasteiger partial charge in [-0.25, -0.2) is 9.67 Å². The minimum absolute atomic E-state index is 0.101. The van der Waals surface area contributed by atoms with Crippen LogP contribution in [0, 0.1) is 6.92 Å². The summed E-state index contributed by atoms with van der Waals surface area (Å²) in [6.45, 7) is 6.08. The molecule has 0 spiro atoms. The summed E-state index contributed by atoms with van der Waals surface area (Å²) >= 11 is 6.39. The molecule has 6 rings (SSSR count). The van der Waals surface area contributed by atoms with Crippen LogP contribution in [0.5, 0.6) is 5.75 Å². The predicted octanol–water partition coefficient (Wildman–Crippen LogP) is 4.02. The molecule has 0 bridgehead atoms. The number of methoxy groups -OCH3 is 1. The molecule has 15 heteroatoms. The highest BCUT2D eigenvalue weighted by molar-refractivity contribution is 6.19. The maximum absolute atomic E-state index is 13.8. The molecule has 4 heterocycles. The molecule has 1 aliphatic heterocycles. The van der Waals surface area contributed by atoms with E-state index in [4.69, 9.17) is 30.5 Å². The molecule has 1 atom stereocenters. The Hall–Kier alpha value is -4.60. The van der Waals surface area contributed by atoms with Crippen LogP contribution in [0.4, 0.5) is 11.4 Å². The van der Waals surface area contributed by atoms with Gasteiger partial charge in [-0.3, -0.25) is 9.59 Å². The number of hydrogen-bond acceptors (Lipinski definition) is 10. The average molecular weight is 692 g/mol. The molecule has 2 aromatic carbocycles. The second kappa shape index (κ2) is 15.7. The summed E-state index contributed by atoms with van der Waals surface area (Å²) in [6, 6.07) is 10.8. The monoisotopic (exact) mass is 691 g/mol. The maximum atomic E-state index is 13.8. The van der Waals surface area contributed by atoms with Gasteiger partial charge < -0.3 is 38.7 Å². The van der Waals surface area contributed by atoms with Gasteiger partial charge in [-0.1, -0.05) is 23.4 Å². The van der Waals surface area contributed by atoms with Crippen molar-refractivity contribution in [3.8, 4) is 5.75 Å². The molecule has 0 aliphatic carbocycles. The molecule has 0 radical (unpaired) electrons. The highest BCUT2D eigenvalue weighted by Gasteiger charge is 2.36. The first-order valence-electron chi connectivity index (χ1n) is 15.9. The van der Waals surface area contributed by atoms with Gasteiger partial charge in [0.05, 0.1) is 70.4 Å². The van der Waals surface area contributed by atoms with Gasteiger partial charge in [0, 0.05) is 49.3 Å². The number of hydrogen-bond donors (Lipinski definition) is 2. The largest absolute Gasteiger partial charge is 0.507 e. The van der Waals surface area contributed by atoms with Crippen LogP contribution < -0.4 is 10.2 Å². The van der Waals surface area contributed by atoms with Gasteiger partial charge in [-0.05, 0) is 35.6 Å². The van der Waals surface area contributed by atoms with Gasteiger partial charge in [0.15, 0.2) is 5.69 Å². The smallest absolute Gasteiger partial charge is 0.278 e. The summed E-state index contributed by atoms with van der Waals surface area (Å²) in [4.78, 5) is 32.9. The summed E-state index contributed by atoms with van der Waals surface area (Å²) in [6.07, 6.45) is 4.83. The Bertz CT molecular complexity index is 1950. The predicted molar refractivity (Wildman–Crippen MR) is 183 cm³/mol. The molecular formula is C34H38ClN7O7. The van der Waals surface area contributed by atoms with E-state index in [-0.39, 0.29) is 29.0 Å². The third-order valence-corrected chi connectivity index (χ3v) is 8.61. The zero-order valence-electron chi connectivity index (χ0n) is 27.3. The summed E-state index contributed by atoms with van der Waals surface area (Å²) in [7, 11) is 1.63. The molecule has 1 aliphatic rings. The minimum atomic E-state index is -0.438. The lowest BCUT2D eigenvalue weighted by molar-refractivity contribution is 0.00244. The van der Waals surface area contributed by atoms with Gasteiger partial charge in [0.25, 0.3) is 11.8 Å². The number of aromatic nitrogens is 5. The van der Waals surface area contributed by atoms with Crippen molar-refractivity contribution < 1.29 is 33.6 Å². The van der Waals surface area contributed by atoms with Crippen LogP contribution in [-0.4, -0.2) is 107 Å². The summed E-state index contributed by atoms with van der Waals surface area (Å²) in [5, 5.41) is 23.3. The van der Waals surface area contributed by atoms with E-state index in [0.29, 0.717) is 82.2 Å². The van der Waals surface area contributed by atoms with E-state index in [1.54, 1.807) is 53.2 Å².